The van der Waals surface area contributed by atoms with Gasteiger partial charge in [-0.3, -0.25) is 0 Å². The summed E-state index contributed by atoms with van der Waals surface area (Å²) in [4.78, 5) is 15.5. The zero-order valence-electron chi connectivity index (χ0n) is 8.79. The van der Waals surface area contributed by atoms with Crippen LogP contribution < -0.4 is 0 Å². The molecule has 0 saturated heterocycles. The molecule has 1 aliphatic heterocycles. The Morgan fingerprint density at radius 3 is 2.94 bits per heavy atom. The van der Waals surface area contributed by atoms with E-state index >= 15 is 0 Å². The molecular formula is C12H9NO4. The summed E-state index contributed by atoms with van der Waals surface area (Å²) in [6.45, 7) is 0. The second kappa shape index (κ2) is 3.62. The summed E-state index contributed by atoms with van der Waals surface area (Å²) in [5.41, 5.74) is 1.29. The predicted molar refractivity (Wildman–Crippen MR) is 59.9 cm³/mol. The molecule has 5 nitrogen and oxygen atoms in total. The van der Waals surface area contributed by atoms with Crippen molar-refractivity contribution in [3.8, 4) is 0 Å². The number of carbonyl (C=O) groups is 1. The fourth-order valence-electron chi connectivity index (χ4n) is 1.78. The molecule has 1 atom stereocenters. The molecule has 1 aromatic heterocycles. The first-order chi connectivity index (χ1) is 8.24. The third-order valence-electron chi connectivity index (χ3n) is 2.65. The molecule has 0 saturated carbocycles. The maximum Gasteiger partial charge on any atom is 0.348 e. The number of hydrogen-bond acceptors (Lipinski definition) is 4. The summed E-state index contributed by atoms with van der Waals surface area (Å²) in [6.07, 6.45) is -0.673. The van der Waals surface area contributed by atoms with Crippen molar-refractivity contribution < 1.29 is 19.2 Å². The number of nitrogens with zero attached hydrogens (tertiary/aromatic N) is 1. The number of furan rings is 1. The summed E-state index contributed by atoms with van der Waals surface area (Å²) < 4.78 is 5.58. The van der Waals surface area contributed by atoms with Crippen molar-refractivity contribution in [1.82, 2.24) is 0 Å². The van der Waals surface area contributed by atoms with E-state index in [-0.39, 0.29) is 6.42 Å². The fraction of sp³-hybridized carbons (Fsp3) is 0.167. The molecule has 1 unspecified atom stereocenters. The van der Waals surface area contributed by atoms with E-state index < -0.39 is 12.1 Å². The van der Waals surface area contributed by atoms with Crippen LogP contribution in [0.15, 0.2) is 39.9 Å². The lowest BCUT2D eigenvalue weighted by Crippen LogP contribution is -2.19. The largest absolute Gasteiger partial charge is 0.478 e. The molecule has 3 rings (SSSR count). The topological polar surface area (TPSA) is 72.0 Å². The second-order valence-corrected chi connectivity index (χ2v) is 3.82. The number of rotatable bonds is 2. The van der Waals surface area contributed by atoms with E-state index in [1.54, 1.807) is 0 Å². The quantitative estimate of drug-likeness (QED) is 0.858. The van der Waals surface area contributed by atoms with Crippen molar-refractivity contribution in [2.24, 2.45) is 5.16 Å². The van der Waals surface area contributed by atoms with Gasteiger partial charge in [0.15, 0.2) is 5.76 Å². The summed E-state index contributed by atoms with van der Waals surface area (Å²) in [5.74, 6) is -0.449. The van der Waals surface area contributed by atoms with Gasteiger partial charge in [-0.2, -0.15) is 0 Å². The van der Waals surface area contributed by atoms with Crippen molar-refractivity contribution in [1.29, 1.82) is 0 Å². The minimum atomic E-state index is -1.01. The third kappa shape index (κ3) is 1.65. The van der Waals surface area contributed by atoms with Crippen LogP contribution >= 0.6 is 0 Å². The molecule has 0 spiro atoms. The van der Waals surface area contributed by atoms with E-state index in [1.807, 2.05) is 30.3 Å². The normalized spacial score (nSPS) is 19.1. The summed E-state index contributed by atoms with van der Waals surface area (Å²) in [6, 6.07) is 9.40. The molecule has 2 aromatic rings. The van der Waals surface area contributed by atoms with E-state index in [4.69, 9.17) is 14.4 Å². The second-order valence-electron chi connectivity index (χ2n) is 3.82. The maximum atomic E-state index is 10.7. The number of aliphatic carboxylic acids is 1. The Kier molecular flexibility index (Phi) is 2.11. The van der Waals surface area contributed by atoms with E-state index in [2.05, 4.69) is 5.16 Å². The lowest BCUT2D eigenvalue weighted by molar-refractivity contribution is -0.148. The van der Waals surface area contributed by atoms with Gasteiger partial charge in [0, 0.05) is 11.8 Å². The highest BCUT2D eigenvalue weighted by atomic mass is 16.7. The summed E-state index contributed by atoms with van der Waals surface area (Å²) >= 11 is 0. The first-order valence-electron chi connectivity index (χ1n) is 5.18. The smallest absolute Gasteiger partial charge is 0.348 e. The van der Waals surface area contributed by atoms with Crippen molar-refractivity contribution in [3.63, 3.8) is 0 Å². The van der Waals surface area contributed by atoms with E-state index in [9.17, 15) is 4.79 Å². The predicted octanol–water partition coefficient (Wildman–Crippen LogP) is 2.01. The first-order valence-corrected chi connectivity index (χ1v) is 5.18. The maximum absolute atomic E-state index is 10.7. The molecule has 86 valence electrons. The van der Waals surface area contributed by atoms with Gasteiger partial charge >= 0.3 is 5.97 Å². The molecule has 5 heteroatoms. The van der Waals surface area contributed by atoms with Gasteiger partial charge in [-0.15, -0.1) is 0 Å². The Balaban J connectivity index is 1.93. The van der Waals surface area contributed by atoms with Crippen molar-refractivity contribution in [3.05, 3.63) is 36.1 Å². The van der Waals surface area contributed by atoms with E-state index in [0.29, 0.717) is 11.5 Å². The number of oxime groups is 1. The van der Waals surface area contributed by atoms with Crippen LogP contribution in [0.25, 0.3) is 11.0 Å². The van der Waals surface area contributed by atoms with Gasteiger partial charge in [0.05, 0.1) is 0 Å². The molecule has 0 aliphatic carbocycles. The highest BCUT2D eigenvalue weighted by Crippen LogP contribution is 2.23. The number of para-hydroxylation sites is 1. The Hall–Kier alpha value is -2.30. The average Bonchev–Trinajstić information content (AvgIpc) is 2.95. The number of carboxylic acid groups (broad SMARTS) is 1. The van der Waals surface area contributed by atoms with Gasteiger partial charge in [0.25, 0.3) is 0 Å². The standard InChI is InChI=1S/C12H9NO4/c14-12(15)11-6-8(13-17-11)10-5-7-3-1-2-4-9(7)16-10/h1-5,11H,6H2,(H,14,15). The van der Waals surface area contributed by atoms with Crippen molar-refractivity contribution in [2.75, 3.05) is 0 Å². The zero-order chi connectivity index (χ0) is 11.8. The Bertz CT molecular complexity index is 581. The fourth-order valence-corrected chi connectivity index (χ4v) is 1.78. The molecule has 2 heterocycles. The number of hydrogen-bond donors (Lipinski definition) is 1. The molecule has 0 radical (unpaired) electrons. The lowest BCUT2D eigenvalue weighted by atomic mass is 10.1. The van der Waals surface area contributed by atoms with Gasteiger partial charge < -0.3 is 14.4 Å². The van der Waals surface area contributed by atoms with Gasteiger partial charge in [-0.1, -0.05) is 23.4 Å². The van der Waals surface area contributed by atoms with Gasteiger partial charge in [0.2, 0.25) is 6.10 Å². The third-order valence-corrected chi connectivity index (χ3v) is 2.65. The molecular weight excluding hydrogens is 222 g/mol. The summed E-state index contributed by atoms with van der Waals surface area (Å²) in [7, 11) is 0. The number of fused-ring (bicyclic) bond motifs is 1. The van der Waals surface area contributed by atoms with Crippen LogP contribution in [0.5, 0.6) is 0 Å². The van der Waals surface area contributed by atoms with Gasteiger partial charge in [-0.05, 0) is 12.1 Å². The minimum absolute atomic E-state index is 0.231. The summed E-state index contributed by atoms with van der Waals surface area (Å²) in [5, 5.41) is 13.5. The molecule has 0 fully saturated rings. The first kappa shape index (κ1) is 9.89. The van der Waals surface area contributed by atoms with Crippen LogP contribution in [0.1, 0.15) is 12.2 Å². The number of carboxylic acids is 1. The van der Waals surface area contributed by atoms with Crippen LogP contribution in [0, 0.1) is 0 Å². The SMILES string of the molecule is O=C(O)C1CC(c2cc3ccccc3o2)=NO1. The Morgan fingerprint density at radius 1 is 1.41 bits per heavy atom. The van der Waals surface area contributed by atoms with Crippen molar-refractivity contribution in [2.45, 2.75) is 12.5 Å². The Labute approximate surface area is 96.3 Å². The van der Waals surface area contributed by atoms with Crippen LogP contribution in [-0.2, 0) is 9.63 Å². The minimum Gasteiger partial charge on any atom is -0.478 e. The molecule has 0 amide bonds. The van der Waals surface area contributed by atoms with Crippen LogP contribution in [-0.4, -0.2) is 22.9 Å². The van der Waals surface area contributed by atoms with E-state index in [1.165, 1.54) is 0 Å². The highest BCUT2D eigenvalue weighted by molar-refractivity contribution is 6.03. The van der Waals surface area contributed by atoms with Gasteiger partial charge in [-0.25, -0.2) is 4.79 Å². The molecule has 1 aliphatic rings. The molecule has 1 N–H and O–H groups in total. The zero-order valence-corrected chi connectivity index (χ0v) is 8.79. The van der Waals surface area contributed by atoms with Crippen LogP contribution in [0.3, 0.4) is 0 Å². The highest BCUT2D eigenvalue weighted by Gasteiger charge is 2.29. The van der Waals surface area contributed by atoms with Gasteiger partial charge in [0.1, 0.15) is 11.3 Å². The lowest BCUT2D eigenvalue weighted by Gasteiger charge is -1.98. The molecule has 1 aromatic carbocycles. The van der Waals surface area contributed by atoms with Crippen molar-refractivity contribution >= 4 is 22.7 Å². The van der Waals surface area contributed by atoms with E-state index in [0.717, 1.165) is 11.0 Å². The van der Waals surface area contributed by atoms with Crippen LogP contribution in [0.2, 0.25) is 0 Å². The molecule has 0 bridgehead atoms. The van der Waals surface area contributed by atoms with Crippen LogP contribution in [0.4, 0.5) is 0 Å². The average molecular weight is 231 g/mol. The molecule has 17 heavy (non-hydrogen) atoms. The number of benzene rings is 1. The Morgan fingerprint density at radius 2 is 2.24 bits per heavy atom. The monoisotopic (exact) mass is 231 g/mol.